The number of ether oxygens (including phenoxy) is 2. The zero-order valence-electron chi connectivity index (χ0n) is 18.2. The summed E-state index contributed by atoms with van der Waals surface area (Å²) in [6, 6.07) is 15.4. The Bertz CT molecular complexity index is 1260. The van der Waals surface area contributed by atoms with Crippen molar-refractivity contribution in [2.45, 2.75) is 19.4 Å². The molecule has 5 nitrogen and oxygen atoms in total. The van der Waals surface area contributed by atoms with Crippen molar-refractivity contribution in [2.24, 2.45) is 0 Å². The molecular weight excluding hydrogens is 428 g/mol. The number of carbonyl (C=O) groups excluding carboxylic acids is 2. The highest BCUT2D eigenvalue weighted by molar-refractivity contribution is 6.26. The number of halogens is 2. The number of nitrogens with one attached hydrogen (secondary N) is 1. The Morgan fingerprint density at radius 1 is 0.939 bits per heavy atom. The Labute approximate surface area is 189 Å². The minimum Gasteiger partial charge on any atom is -0.495 e. The zero-order valence-corrected chi connectivity index (χ0v) is 18.2. The number of para-hydroxylation sites is 1. The van der Waals surface area contributed by atoms with E-state index >= 15 is 0 Å². The van der Waals surface area contributed by atoms with Gasteiger partial charge in [0.2, 0.25) is 5.78 Å². The highest BCUT2D eigenvalue weighted by Gasteiger charge is 2.38. The van der Waals surface area contributed by atoms with Crippen molar-refractivity contribution in [3.8, 4) is 16.9 Å². The van der Waals surface area contributed by atoms with Gasteiger partial charge in [-0.3, -0.25) is 9.59 Å². The minimum atomic E-state index is -0.937. The van der Waals surface area contributed by atoms with E-state index in [1.54, 1.807) is 44.2 Å². The predicted molar refractivity (Wildman–Crippen MR) is 121 cm³/mol. The van der Waals surface area contributed by atoms with Crippen molar-refractivity contribution in [2.75, 3.05) is 12.4 Å². The van der Waals surface area contributed by atoms with Gasteiger partial charge < -0.3 is 14.8 Å². The number of amides is 1. The fourth-order valence-corrected chi connectivity index (χ4v) is 3.66. The summed E-state index contributed by atoms with van der Waals surface area (Å²) in [5, 5.41) is 2.50. The lowest BCUT2D eigenvalue weighted by atomic mass is 9.91. The van der Waals surface area contributed by atoms with Gasteiger partial charge in [0.25, 0.3) is 5.91 Å². The third-order valence-electron chi connectivity index (χ3n) is 5.42. The number of carbonyl (C=O) groups is 2. The van der Waals surface area contributed by atoms with Crippen LogP contribution >= 0.6 is 0 Å². The maximum Gasteiger partial charge on any atom is 0.261 e. The van der Waals surface area contributed by atoms with Gasteiger partial charge in [0.05, 0.1) is 18.9 Å². The Morgan fingerprint density at radius 2 is 1.55 bits per heavy atom. The first-order valence-corrected chi connectivity index (χ1v) is 10.2. The molecule has 0 aromatic heterocycles. The molecule has 1 amide bonds. The lowest BCUT2D eigenvalue weighted by Crippen LogP contribution is -2.29. The van der Waals surface area contributed by atoms with Gasteiger partial charge in [0.15, 0.2) is 5.60 Å². The van der Waals surface area contributed by atoms with Crippen LogP contribution in [0.3, 0.4) is 0 Å². The Kier molecular flexibility index (Phi) is 5.72. The Hall–Kier alpha value is -4.00. The fourth-order valence-electron chi connectivity index (χ4n) is 3.66. The second-order valence-corrected chi connectivity index (χ2v) is 8.00. The molecule has 3 aromatic carbocycles. The number of methoxy groups -OCH3 is 1. The standard InChI is InChI=1S/C26H21F2NO4/c1-26(2)24(30)19(14-33-26)18-7-4-6-17(23(18)32-3)15-10-12-16(13-11-15)29-25(31)22-20(27)8-5-9-21(22)28/h4-14H,1-3H3,(H,29,31). The van der Waals surface area contributed by atoms with Crippen LogP contribution in [0.25, 0.3) is 16.7 Å². The van der Waals surface area contributed by atoms with E-state index < -0.39 is 28.7 Å². The molecule has 1 aliphatic heterocycles. The van der Waals surface area contributed by atoms with Gasteiger partial charge in [-0.05, 0) is 43.7 Å². The molecule has 0 atom stereocenters. The van der Waals surface area contributed by atoms with Crippen LogP contribution in [0, 0.1) is 11.6 Å². The van der Waals surface area contributed by atoms with E-state index in [1.807, 2.05) is 12.1 Å². The summed E-state index contributed by atoms with van der Waals surface area (Å²) in [4.78, 5) is 25.0. The minimum absolute atomic E-state index is 0.142. The van der Waals surface area contributed by atoms with E-state index in [0.717, 1.165) is 23.3 Å². The number of hydrogen-bond acceptors (Lipinski definition) is 4. The first-order valence-electron chi connectivity index (χ1n) is 10.2. The summed E-state index contributed by atoms with van der Waals surface area (Å²) in [6.07, 6.45) is 1.45. The van der Waals surface area contributed by atoms with Crippen LogP contribution in [0.5, 0.6) is 5.75 Å². The molecule has 0 bridgehead atoms. The zero-order chi connectivity index (χ0) is 23.8. The average molecular weight is 449 g/mol. The predicted octanol–water partition coefficient (Wildman–Crippen LogP) is 5.61. The molecule has 0 fully saturated rings. The highest BCUT2D eigenvalue weighted by atomic mass is 19.1. The van der Waals surface area contributed by atoms with E-state index in [-0.39, 0.29) is 5.78 Å². The summed E-state index contributed by atoms with van der Waals surface area (Å²) >= 11 is 0. The number of benzene rings is 3. The van der Waals surface area contributed by atoms with E-state index in [2.05, 4.69) is 5.32 Å². The molecular formula is C26H21F2NO4. The van der Waals surface area contributed by atoms with Crippen LogP contribution in [0.2, 0.25) is 0 Å². The quantitative estimate of drug-likeness (QED) is 0.550. The van der Waals surface area contributed by atoms with Gasteiger partial charge >= 0.3 is 0 Å². The van der Waals surface area contributed by atoms with Gasteiger partial charge in [0, 0.05) is 16.8 Å². The summed E-state index contributed by atoms with van der Waals surface area (Å²) in [5.41, 5.74) is 1.31. The van der Waals surface area contributed by atoms with Crippen LogP contribution in [0.1, 0.15) is 29.8 Å². The maximum atomic E-state index is 13.9. The lowest BCUT2D eigenvalue weighted by Gasteiger charge is -2.17. The molecule has 0 saturated heterocycles. The molecule has 0 unspecified atom stereocenters. The van der Waals surface area contributed by atoms with Crippen molar-refractivity contribution in [1.82, 2.24) is 0 Å². The fraction of sp³-hybridized carbons (Fsp3) is 0.154. The smallest absolute Gasteiger partial charge is 0.261 e. The van der Waals surface area contributed by atoms with Crippen LogP contribution in [-0.4, -0.2) is 24.4 Å². The Morgan fingerprint density at radius 3 is 2.12 bits per heavy atom. The van der Waals surface area contributed by atoms with Gasteiger partial charge in [-0.15, -0.1) is 0 Å². The number of rotatable bonds is 5. The topological polar surface area (TPSA) is 64.6 Å². The number of anilines is 1. The summed E-state index contributed by atoms with van der Waals surface area (Å²) in [5.74, 6) is -2.39. The first-order chi connectivity index (χ1) is 15.7. The summed E-state index contributed by atoms with van der Waals surface area (Å²) in [7, 11) is 1.52. The van der Waals surface area contributed by atoms with Crippen molar-refractivity contribution >= 4 is 23.0 Å². The molecule has 33 heavy (non-hydrogen) atoms. The maximum absolute atomic E-state index is 13.9. The van der Waals surface area contributed by atoms with Crippen LogP contribution in [0.4, 0.5) is 14.5 Å². The SMILES string of the molecule is COc1c(C2=COC(C)(C)C2=O)cccc1-c1ccc(NC(=O)c2c(F)cccc2F)cc1. The number of ketones is 1. The lowest BCUT2D eigenvalue weighted by molar-refractivity contribution is -0.125. The second-order valence-electron chi connectivity index (χ2n) is 8.00. The van der Waals surface area contributed by atoms with Crippen LogP contribution < -0.4 is 10.1 Å². The largest absolute Gasteiger partial charge is 0.495 e. The Balaban J connectivity index is 1.62. The molecule has 168 valence electrons. The van der Waals surface area contributed by atoms with Crippen molar-refractivity contribution < 1.29 is 27.8 Å². The molecule has 3 aromatic rings. The summed E-state index contributed by atoms with van der Waals surface area (Å²) in [6.45, 7) is 3.41. The van der Waals surface area contributed by atoms with E-state index in [4.69, 9.17) is 9.47 Å². The first kappa shape index (κ1) is 22.2. The third kappa shape index (κ3) is 4.09. The monoisotopic (exact) mass is 449 g/mol. The van der Waals surface area contributed by atoms with Crippen molar-refractivity contribution in [3.05, 3.63) is 89.7 Å². The molecule has 0 aliphatic carbocycles. The van der Waals surface area contributed by atoms with Crippen molar-refractivity contribution in [3.63, 3.8) is 0 Å². The molecule has 1 heterocycles. The third-order valence-corrected chi connectivity index (χ3v) is 5.42. The van der Waals surface area contributed by atoms with Crippen molar-refractivity contribution in [1.29, 1.82) is 0 Å². The second kappa shape index (κ2) is 8.50. The molecule has 0 radical (unpaired) electrons. The van der Waals surface area contributed by atoms with E-state index in [9.17, 15) is 18.4 Å². The number of hydrogen-bond donors (Lipinski definition) is 1. The van der Waals surface area contributed by atoms with E-state index in [1.165, 1.54) is 19.4 Å². The van der Waals surface area contributed by atoms with Gasteiger partial charge in [-0.25, -0.2) is 8.78 Å². The van der Waals surface area contributed by atoms with Crippen LogP contribution in [-0.2, 0) is 9.53 Å². The molecule has 0 saturated carbocycles. The summed E-state index contributed by atoms with van der Waals surface area (Å²) < 4.78 is 38.9. The van der Waals surface area contributed by atoms with E-state index in [0.29, 0.717) is 22.6 Å². The molecule has 1 N–H and O–H groups in total. The molecule has 0 spiro atoms. The molecule has 1 aliphatic rings. The molecule has 4 rings (SSSR count). The number of Topliss-reactive ketones (excluding diaryl/α,β-unsaturated/α-hetero) is 1. The van der Waals surface area contributed by atoms with Gasteiger partial charge in [-0.1, -0.05) is 36.4 Å². The average Bonchev–Trinajstić information content (AvgIpc) is 3.06. The van der Waals surface area contributed by atoms with Gasteiger partial charge in [0.1, 0.15) is 22.9 Å². The van der Waals surface area contributed by atoms with Crippen LogP contribution in [0.15, 0.2) is 66.9 Å². The molecule has 7 heteroatoms. The highest BCUT2D eigenvalue weighted by Crippen LogP contribution is 2.40. The van der Waals surface area contributed by atoms with Gasteiger partial charge in [-0.2, -0.15) is 0 Å². The normalized spacial score (nSPS) is 14.5.